The highest BCUT2D eigenvalue weighted by atomic mass is 16.4. The van der Waals surface area contributed by atoms with Gasteiger partial charge in [-0.25, -0.2) is 0 Å². The molecule has 0 aliphatic rings. The highest BCUT2D eigenvalue weighted by Crippen LogP contribution is 2.31. The molecule has 0 aliphatic carbocycles. The Balaban J connectivity index is 4.37. The molecule has 1 atom stereocenters. The standard InChI is InChI=1S/C10H18O3/c1-7(11)5-8(6-9(12)13)10(2,3)4/h8H,5-6H2,1-4H3,(H,12,13). The summed E-state index contributed by atoms with van der Waals surface area (Å²) in [5, 5.41) is 8.65. The van der Waals surface area contributed by atoms with Gasteiger partial charge in [-0.2, -0.15) is 0 Å². The molecule has 76 valence electrons. The van der Waals surface area contributed by atoms with Gasteiger partial charge in [0.1, 0.15) is 5.78 Å². The molecule has 0 amide bonds. The maximum Gasteiger partial charge on any atom is 0.303 e. The number of carboxylic acid groups (broad SMARTS) is 1. The molecule has 1 N–H and O–H groups in total. The van der Waals surface area contributed by atoms with E-state index < -0.39 is 5.97 Å². The summed E-state index contributed by atoms with van der Waals surface area (Å²) in [4.78, 5) is 21.4. The summed E-state index contributed by atoms with van der Waals surface area (Å²) in [5.74, 6) is -0.843. The number of ketones is 1. The lowest BCUT2D eigenvalue weighted by Crippen LogP contribution is -2.25. The van der Waals surface area contributed by atoms with Crippen molar-refractivity contribution in [1.82, 2.24) is 0 Å². The Bertz CT molecular complexity index is 185. The minimum absolute atomic E-state index is 0.0566. The summed E-state index contributed by atoms with van der Waals surface area (Å²) in [6.45, 7) is 7.39. The molecule has 0 heterocycles. The van der Waals surface area contributed by atoms with E-state index in [1.54, 1.807) is 0 Å². The van der Waals surface area contributed by atoms with Gasteiger partial charge in [0.15, 0.2) is 0 Å². The van der Waals surface area contributed by atoms with Crippen LogP contribution >= 0.6 is 0 Å². The molecule has 0 aromatic rings. The van der Waals surface area contributed by atoms with Gasteiger partial charge in [-0.1, -0.05) is 20.8 Å². The second kappa shape index (κ2) is 4.40. The highest BCUT2D eigenvalue weighted by molar-refractivity contribution is 5.77. The van der Waals surface area contributed by atoms with E-state index in [2.05, 4.69) is 0 Å². The first-order valence-electron chi connectivity index (χ1n) is 4.44. The van der Waals surface area contributed by atoms with Crippen LogP contribution in [0, 0.1) is 11.3 Å². The highest BCUT2D eigenvalue weighted by Gasteiger charge is 2.27. The molecule has 0 saturated carbocycles. The van der Waals surface area contributed by atoms with Gasteiger partial charge in [0.2, 0.25) is 0 Å². The van der Waals surface area contributed by atoms with Gasteiger partial charge in [-0.3, -0.25) is 4.79 Å². The average Bonchev–Trinajstić information content (AvgIpc) is 1.81. The van der Waals surface area contributed by atoms with Crippen LogP contribution in [0.1, 0.15) is 40.5 Å². The Hall–Kier alpha value is -0.860. The first-order valence-corrected chi connectivity index (χ1v) is 4.44. The average molecular weight is 186 g/mol. The van der Waals surface area contributed by atoms with E-state index in [0.717, 1.165) is 0 Å². The van der Waals surface area contributed by atoms with Gasteiger partial charge < -0.3 is 9.90 Å². The first kappa shape index (κ1) is 12.1. The van der Waals surface area contributed by atoms with Crippen LogP contribution in [-0.4, -0.2) is 16.9 Å². The van der Waals surface area contributed by atoms with Crippen LogP contribution in [0.4, 0.5) is 0 Å². The fraction of sp³-hybridized carbons (Fsp3) is 0.800. The molecule has 0 aromatic heterocycles. The van der Waals surface area contributed by atoms with Crippen molar-refractivity contribution < 1.29 is 14.7 Å². The Morgan fingerprint density at radius 1 is 1.23 bits per heavy atom. The van der Waals surface area contributed by atoms with Gasteiger partial charge in [-0.15, -0.1) is 0 Å². The number of hydrogen-bond acceptors (Lipinski definition) is 2. The Labute approximate surface area is 79.1 Å². The molecule has 0 spiro atoms. The maximum atomic E-state index is 10.9. The van der Waals surface area contributed by atoms with E-state index in [1.807, 2.05) is 20.8 Å². The Morgan fingerprint density at radius 3 is 1.92 bits per heavy atom. The number of carbonyl (C=O) groups excluding carboxylic acids is 1. The smallest absolute Gasteiger partial charge is 0.303 e. The normalized spacial score (nSPS) is 13.8. The van der Waals surface area contributed by atoms with Gasteiger partial charge in [0.05, 0.1) is 0 Å². The van der Waals surface area contributed by atoms with E-state index in [-0.39, 0.29) is 23.5 Å². The zero-order valence-electron chi connectivity index (χ0n) is 8.76. The van der Waals surface area contributed by atoms with Gasteiger partial charge in [0, 0.05) is 12.8 Å². The minimum atomic E-state index is -0.832. The SMILES string of the molecule is CC(=O)CC(CC(=O)O)C(C)(C)C. The third kappa shape index (κ3) is 5.39. The molecule has 0 bridgehead atoms. The number of carbonyl (C=O) groups is 2. The van der Waals surface area contributed by atoms with Crippen molar-refractivity contribution in [3.05, 3.63) is 0 Å². The van der Waals surface area contributed by atoms with Crippen molar-refractivity contribution >= 4 is 11.8 Å². The Kier molecular flexibility index (Phi) is 4.11. The van der Waals surface area contributed by atoms with Crippen LogP contribution in [0.2, 0.25) is 0 Å². The predicted octanol–water partition coefficient (Wildman–Crippen LogP) is 2.10. The number of rotatable bonds is 4. The summed E-state index contributed by atoms with van der Waals surface area (Å²) in [5.41, 5.74) is -0.121. The first-order chi connectivity index (χ1) is 5.73. The summed E-state index contributed by atoms with van der Waals surface area (Å²) < 4.78 is 0. The lowest BCUT2D eigenvalue weighted by Gasteiger charge is -2.28. The predicted molar refractivity (Wildman–Crippen MR) is 50.5 cm³/mol. The fourth-order valence-corrected chi connectivity index (χ4v) is 1.24. The second-order valence-electron chi connectivity index (χ2n) is 4.57. The number of hydrogen-bond donors (Lipinski definition) is 1. The number of carboxylic acids is 1. The number of aliphatic carboxylic acids is 1. The van der Waals surface area contributed by atoms with Gasteiger partial charge in [0.25, 0.3) is 0 Å². The molecule has 13 heavy (non-hydrogen) atoms. The summed E-state index contributed by atoms with van der Waals surface area (Å²) in [7, 11) is 0. The lowest BCUT2D eigenvalue weighted by molar-refractivity contribution is -0.139. The molecule has 3 heteroatoms. The molecule has 3 nitrogen and oxygen atoms in total. The molecule has 0 saturated heterocycles. The van der Waals surface area contributed by atoms with E-state index in [9.17, 15) is 9.59 Å². The van der Waals surface area contributed by atoms with Crippen molar-refractivity contribution in [1.29, 1.82) is 0 Å². The molecule has 0 aliphatic heterocycles. The van der Waals surface area contributed by atoms with E-state index in [4.69, 9.17) is 5.11 Å². The maximum absolute atomic E-state index is 10.9. The van der Waals surface area contributed by atoms with Crippen molar-refractivity contribution in [2.24, 2.45) is 11.3 Å². The lowest BCUT2D eigenvalue weighted by atomic mass is 9.76. The van der Waals surface area contributed by atoms with Crippen molar-refractivity contribution in [2.75, 3.05) is 0 Å². The Morgan fingerprint density at radius 2 is 1.69 bits per heavy atom. The van der Waals surface area contributed by atoms with Crippen LogP contribution in [0.3, 0.4) is 0 Å². The van der Waals surface area contributed by atoms with Crippen LogP contribution in [0.25, 0.3) is 0 Å². The van der Waals surface area contributed by atoms with Crippen LogP contribution in [-0.2, 0) is 9.59 Å². The topological polar surface area (TPSA) is 54.4 Å². The van der Waals surface area contributed by atoms with Crippen molar-refractivity contribution in [2.45, 2.75) is 40.5 Å². The third-order valence-corrected chi connectivity index (χ3v) is 2.18. The molecule has 1 unspecified atom stereocenters. The zero-order chi connectivity index (χ0) is 10.6. The van der Waals surface area contributed by atoms with E-state index in [1.165, 1.54) is 6.92 Å². The van der Waals surface area contributed by atoms with Crippen molar-refractivity contribution in [3.63, 3.8) is 0 Å². The van der Waals surface area contributed by atoms with Crippen LogP contribution < -0.4 is 0 Å². The zero-order valence-corrected chi connectivity index (χ0v) is 8.76. The second-order valence-corrected chi connectivity index (χ2v) is 4.57. The molecule has 0 fully saturated rings. The molecular weight excluding hydrogens is 168 g/mol. The largest absolute Gasteiger partial charge is 0.481 e. The van der Waals surface area contributed by atoms with Crippen LogP contribution in [0.15, 0.2) is 0 Å². The summed E-state index contributed by atoms with van der Waals surface area (Å²) >= 11 is 0. The van der Waals surface area contributed by atoms with Gasteiger partial charge >= 0.3 is 5.97 Å². The van der Waals surface area contributed by atoms with E-state index in [0.29, 0.717) is 6.42 Å². The third-order valence-electron chi connectivity index (χ3n) is 2.18. The van der Waals surface area contributed by atoms with Crippen molar-refractivity contribution in [3.8, 4) is 0 Å². The van der Waals surface area contributed by atoms with Gasteiger partial charge in [-0.05, 0) is 18.3 Å². The van der Waals surface area contributed by atoms with E-state index >= 15 is 0 Å². The number of Topliss-reactive ketones (excluding diaryl/α,β-unsaturated/α-hetero) is 1. The summed E-state index contributed by atoms with van der Waals surface area (Å²) in [6, 6.07) is 0. The monoisotopic (exact) mass is 186 g/mol. The molecular formula is C10H18O3. The molecule has 0 rings (SSSR count). The minimum Gasteiger partial charge on any atom is -0.481 e. The summed E-state index contributed by atoms with van der Waals surface area (Å²) in [6.07, 6.45) is 0.429. The molecule has 0 radical (unpaired) electrons. The molecule has 0 aromatic carbocycles. The fourth-order valence-electron chi connectivity index (χ4n) is 1.24. The van der Waals surface area contributed by atoms with Crippen LogP contribution in [0.5, 0.6) is 0 Å². The quantitative estimate of drug-likeness (QED) is 0.731.